The minimum Gasteiger partial charge on any atom is -0.353 e. The van der Waals surface area contributed by atoms with Crippen LogP contribution in [-0.2, 0) is 4.79 Å². The molecule has 126 valence electrons. The van der Waals surface area contributed by atoms with E-state index in [1.165, 1.54) is 71.0 Å². The monoisotopic (exact) mass is 306 g/mol. The van der Waals surface area contributed by atoms with Gasteiger partial charge >= 0.3 is 0 Å². The van der Waals surface area contributed by atoms with Crippen LogP contribution in [0.3, 0.4) is 0 Å². The predicted molar refractivity (Wildman–Crippen MR) is 90.8 cm³/mol. The fraction of sp³-hybridized carbons (Fsp3) is 0.947. The highest BCUT2D eigenvalue weighted by atomic mass is 16.1. The van der Waals surface area contributed by atoms with Crippen molar-refractivity contribution >= 4 is 5.91 Å². The van der Waals surface area contributed by atoms with Crippen LogP contribution in [0.25, 0.3) is 0 Å². The molecule has 3 aliphatic rings. The van der Waals surface area contributed by atoms with Gasteiger partial charge in [0.25, 0.3) is 0 Å². The Balaban J connectivity index is 1.35. The Morgan fingerprint density at radius 1 is 0.818 bits per heavy atom. The van der Waals surface area contributed by atoms with Gasteiger partial charge in [0.05, 0.1) is 0 Å². The third-order valence-electron chi connectivity index (χ3n) is 6.15. The SMILES string of the molecule is O=C(NC1CCN(CC2CCCCC2)CC1)C1CCCCC1. The second-order valence-corrected chi connectivity index (χ2v) is 7.92. The molecule has 22 heavy (non-hydrogen) atoms. The van der Waals surface area contributed by atoms with Crippen molar-refractivity contribution < 1.29 is 4.79 Å². The number of hydrogen-bond donors (Lipinski definition) is 1. The predicted octanol–water partition coefficient (Wildman–Crippen LogP) is 3.73. The van der Waals surface area contributed by atoms with E-state index in [1.54, 1.807) is 0 Å². The molecule has 0 radical (unpaired) electrons. The molecule has 2 aliphatic carbocycles. The summed E-state index contributed by atoms with van der Waals surface area (Å²) in [6.45, 7) is 3.68. The molecular weight excluding hydrogens is 272 g/mol. The van der Waals surface area contributed by atoms with E-state index in [4.69, 9.17) is 0 Å². The van der Waals surface area contributed by atoms with Gasteiger partial charge in [0.2, 0.25) is 5.91 Å². The van der Waals surface area contributed by atoms with Crippen LogP contribution in [0.15, 0.2) is 0 Å². The molecule has 3 rings (SSSR count). The zero-order valence-electron chi connectivity index (χ0n) is 14.2. The van der Waals surface area contributed by atoms with E-state index in [2.05, 4.69) is 10.2 Å². The minimum atomic E-state index is 0.314. The number of hydrogen-bond acceptors (Lipinski definition) is 2. The summed E-state index contributed by atoms with van der Waals surface area (Å²) in [6, 6.07) is 0.442. The topological polar surface area (TPSA) is 32.3 Å². The van der Waals surface area contributed by atoms with Crippen LogP contribution in [0.4, 0.5) is 0 Å². The second-order valence-electron chi connectivity index (χ2n) is 7.92. The van der Waals surface area contributed by atoms with E-state index in [1.807, 2.05) is 0 Å². The van der Waals surface area contributed by atoms with Gasteiger partial charge in [-0.2, -0.15) is 0 Å². The van der Waals surface area contributed by atoms with E-state index >= 15 is 0 Å². The summed E-state index contributed by atoms with van der Waals surface area (Å²) < 4.78 is 0. The van der Waals surface area contributed by atoms with Crippen molar-refractivity contribution in [2.45, 2.75) is 83.1 Å². The van der Waals surface area contributed by atoms with Crippen LogP contribution in [0.2, 0.25) is 0 Å². The third kappa shape index (κ3) is 4.71. The molecule has 0 bridgehead atoms. The van der Waals surface area contributed by atoms with Crippen LogP contribution in [0.5, 0.6) is 0 Å². The van der Waals surface area contributed by atoms with Crippen molar-refractivity contribution in [1.29, 1.82) is 0 Å². The van der Waals surface area contributed by atoms with Crippen molar-refractivity contribution in [1.82, 2.24) is 10.2 Å². The van der Waals surface area contributed by atoms with E-state index in [-0.39, 0.29) is 0 Å². The number of piperidine rings is 1. The summed E-state index contributed by atoms with van der Waals surface area (Å²) in [5.74, 6) is 1.61. The Morgan fingerprint density at radius 2 is 1.41 bits per heavy atom. The molecule has 3 fully saturated rings. The largest absolute Gasteiger partial charge is 0.353 e. The molecule has 1 heterocycles. The van der Waals surface area contributed by atoms with Crippen molar-refractivity contribution in [3.8, 4) is 0 Å². The van der Waals surface area contributed by atoms with E-state index in [0.29, 0.717) is 17.9 Å². The average Bonchev–Trinajstić information content (AvgIpc) is 2.58. The molecule has 3 nitrogen and oxygen atoms in total. The second kappa shape index (κ2) is 8.33. The highest BCUT2D eigenvalue weighted by Crippen LogP contribution is 2.26. The number of nitrogens with one attached hydrogen (secondary N) is 1. The summed E-state index contributed by atoms with van der Waals surface area (Å²) >= 11 is 0. The molecule has 0 spiro atoms. The van der Waals surface area contributed by atoms with Gasteiger partial charge in [-0.3, -0.25) is 4.79 Å². The molecule has 0 aromatic heterocycles. The maximum atomic E-state index is 12.3. The number of carbonyl (C=O) groups is 1. The molecular formula is C19H34N2O. The lowest BCUT2D eigenvalue weighted by Gasteiger charge is -2.36. The van der Waals surface area contributed by atoms with Crippen LogP contribution < -0.4 is 5.32 Å². The first-order valence-electron chi connectivity index (χ1n) is 9.84. The lowest BCUT2D eigenvalue weighted by molar-refractivity contribution is -0.127. The van der Waals surface area contributed by atoms with E-state index < -0.39 is 0 Å². The lowest BCUT2D eigenvalue weighted by Crippen LogP contribution is -2.47. The van der Waals surface area contributed by atoms with Gasteiger partial charge in [-0.15, -0.1) is 0 Å². The molecule has 0 atom stereocenters. The van der Waals surface area contributed by atoms with Crippen molar-refractivity contribution in [2.24, 2.45) is 11.8 Å². The zero-order valence-corrected chi connectivity index (χ0v) is 14.2. The average molecular weight is 306 g/mol. The van der Waals surface area contributed by atoms with Gasteiger partial charge in [0, 0.05) is 31.6 Å². The summed E-state index contributed by atoms with van der Waals surface area (Å²) in [5.41, 5.74) is 0. The Hall–Kier alpha value is -0.570. The highest BCUT2D eigenvalue weighted by molar-refractivity contribution is 5.79. The van der Waals surface area contributed by atoms with Gasteiger partial charge in [-0.25, -0.2) is 0 Å². The third-order valence-corrected chi connectivity index (χ3v) is 6.15. The summed E-state index contributed by atoms with van der Waals surface area (Å²) in [5, 5.41) is 3.35. The van der Waals surface area contributed by atoms with Gasteiger partial charge in [-0.05, 0) is 44.4 Å². The normalized spacial score (nSPS) is 26.9. The van der Waals surface area contributed by atoms with Crippen molar-refractivity contribution in [3.63, 3.8) is 0 Å². The lowest BCUT2D eigenvalue weighted by atomic mass is 9.87. The summed E-state index contributed by atoms with van der Waals surface area (Å²) in [7, 11) is 0. The Kier molecular flexibility index (Phi) is 6.17. The molecule has 1 amide bonds. The molecule has 1 N–H and O–H groups in total. The number of likely N-dealkylation sites (tertiary alicyclic amines) is 1. The number of amides is 1. The van der Waals surface area contributed by atoms with Crippen molar-refractivity contribution in [3.05, 3.63) is 0 Å². The fourth-order valence-electron chi connectivity index (χ4n) is 4.68. The fourth-order valence-corrected chi connectivity index (χ4v) is 4.68. The maximum Gasteiger partial charge on any atom is 0.223 e. The Morgan fingerprint density at radius 3 is 2.05 bits per heavy atom. The Labute approximate surface area is 136 Å². The van der Waals surface area contributed by atoms with Gasteiger partial charge < -0.3 is 10.2 Å². The number of carbonyl (C=O) groups excluding carboxylic acids is 1. The first-order valence-corrected chi connectivity index (χ1v) is 9.84. The first-order chi connectivity index (χ1) is 10.8. The molecule has 2 saturated carbocycles. The van der Waals surface area contributed by atoms with Crippen LogP contribution in [0.1, 0.15) is 77.0 Å². The van der Waals surface area contributed by atoms with Gasteiger partial charge in [-0.1, -0.05) is 38.5 Å². The van der Waals surface area contributed by atoms with E-state index in [9.17, 15) is 4.79 Å². The molecule has 1 aliphatic heterocycles. The molecule has 0 aromatic rings. The van der Waals surface area contributed by atoms with Gasteiger partial charge in [0.15, 0.2) is 0 Å². The number of nitrogens with zero attached hydrogens (tertiary/aromatic N) is 1. The van der Waals surface area contributed by atoms with Crippen LogP contribution in [-0.4, -0.2) is 36.5 Å². The smallest absolute Gasteiger partial charge is 0.223 e. The standard InChI is InChI=1S/C19H34N2O/c22-19(17-9-5-2-6-10-17)20-18-11-13-21(14-12-18)15-16-7-3-1-4-8-16/h16-18H,1-15H2,(H,20,22). The van der Waals surface area contributed by atoms with Crippen molar-refractivity contribution in [2.75, 3.05) is 19.6 Å². The molecule has 0 unspecified atom stereocenters. The molecule has 1 saturated heterocycles. The number of rotatable bonds is 4. The quantitative estimate of drug-likeness (QED) is 0.858. The van der Waals surface area contributed by atoms with E-state index in [0.717, 1.165) is 31.6 Å². The minimum absolute atomic E-state index is 0.314. The molecule has 3 heteroatoms. The first kappa shape index (κ1) is 16.3. The maximum absolute atomic E-state index is 12.3. The summed E-state index contributed by atoms with van der Waals surface area (Å²) in [4.78, 5) is 15.0. The summed E-state index contributed by atoms with van der Waals surface area (Å²) in [6.07, 6.45) is 15.6. The molecule has 0 aromatic carbocycles. The zero-order chi connectivity index (χ0) is 15.2. The Bertz CT molecular complexity index is 337. The highest BCUT2D eigenvalue weighted by Gasteiger charge is 2.26. The van der Waals surface area contributed by atoms with Crippen LogP contribution in [0, 0.1) is 11.8 Å². The van der Waals surface area contributed by atoms with Crippen LogP contribution >= 0.6 is 0 Å². The van der Waals surface area contributed by atoms with Gasteiger partial charge in [0.1, 0.15) is 0 Å².